The number of methoxy groups -OCH3 is 1. The Hall–Kier alpha value is -2.62. The molecule has 0 aromatic heterocycles. The fourth-order valence-electron chi connectivity index (χ4n) is 3.78. The van der Waals surface area contributed by atoms with Crippen LogP contribution in [0.4, 0.5) is 0 Å². The summed E-state index contributed by atoms with van der Waals surface area (Å²) in [5.74, 6) is 0.915. The fraction of sp³-hybridized carbons (Fsp3) is 0.250. The minimum Gasteiger partial charge on any atom is -0.497 e. The molecule has 1 saturated heterocycles. The first kappa shape index (κ1) is 17.8. The predicted octanol–water partition coefficient (Wildman–Crippen LogP) is 4.26. The van der Waals surface area contributed by atoms with E-state index in [2.05, 4.69) is 83.0 Å². The third-order valence-electron chi connectivity index (χ3n) is 5.23. The van der Waals surface area contributed by atoms with Gasteiger partial charge >= 0.3 is 0 Å². The van der Waals surface area contributed by atoms with Crippen LogP contribution in [-0.4, -0.2) is 31.1 Å². The van der Waals surface area contributed by atoms with E-state index in [1.54, 1.807) is 7.11 Å². The fourth-order valence-corrected chi connectivity index (χ4v) is 3.78. The average Bonchev–Trinajstić information content (AvgIpc) is 2.71. The van der Waals surface area contributed by atoms with E-state index in [4.69, 9.17) is 4.74 Å². The Labute approximate surface area is 161 Å². The van der Waals surface area contributed by atoms with E-state index in [1.807, 2.05) is 12.1 Å². The molecule has 0 radical (unpaired) electrons. The lowest BCUT2D eigenvalue weighted by atomic mass is 9.93. The van der Waals surface area contributed by atoms with Crippen molar-refractivity contribution in [3.8, 4) is 5.75 Å². The Balaban J connectivity index is 1.40. The molecule has 0 bridgehead atoms. The number of rotatable bonds is 7. The van der Waals surface area contributed by atoms with Gasteiger partial charge in [0.15, 0.2) is 0 Å². The molecular formula is C24H26N2O. The Bertz CT molecular complexity index is 805. The van der Waals surface area contributed by atoms with Gasteiger partial charge in [0.2, 0.25) is 0 Å². The lowest BCUT2D eigenvalue weighted by Gasteiger charge is -2.45. The van der Waals surface area contributed by atoms with Crippen molar-refractivity contribution in [1.29, 1.82) is 0 Å². The normalized spacial score (nSPS) is 14.9. The monoisotopic (exact) mass is 358 g/mol. The smallest absolute Gasteiger partial charge is 0.119 e. The summed E-state index contributed by atoms with van der Waals surface area (Å²) < 4.78 is 5.31. The molecule has 1 aliphatic rings. The van der Waals surface area contributed by atoms with Gasteiger partial charge in [-0.1, -0.05) is 72.8 Å². The maximum atomic E-state index is 5.31. The number of hydrogen-bond donors (Lipinski definition) is 1. The number of hydrogen-bond acceptors (Lipinski definition) is 3. The van der Waals surface area contributed by atoms with Crippen LogP contribution >= 0.6 is 0 Å². The Kier molecular flexibility index (Phi) is 5.52. The lowest BCUT2D eigenvalue weighted by Crippen LogP contribution is -2.58. The lowest BCUT2D eigenvalue weighted by molar-refractivity contribution is 0.0922. The summed E-state index contributed by atoms with van der Waals surface area (Å²) >= 11 is 0. The van der Waals surface area contributed by atoms with E-state index < -0.39 is 0 Å². The topological polar surface area (TPSA) is 24.5 Å². The van der Waals surface area contributed by atoms with Crippen LogP contribution in [0.15, 0.2) is 84.9 Å². The largest absolute Gasteiger partial charge is 0.497 e. The molecule has 0 saturated carbocycles. The summed E-state index contributed by atoms with van der Waals surface area (Å²) in [4.78, 5) is 2.55. The van der Waals surface area contributed by atoms with Crippen molar-refractivity contribution in [2.24, 2.45) is 0 Å². The molecule has 138 valence electrons. The zero-order chi connectivity index (χ0) is 18.5. The molecule has 0 atom stereocenters. The van der Waals surface area contributed by atoms with E-state index in [0.29, 0.717) is 12.1 Å². The molecule has 1 aliphatic heterocycles. The summed E-state index contributed by atoms with van der Waals surface area (Å²) in [5, 5.41) is 3.68. The standard InChI is InChI=1S/C24H26N2O/c1-27-23-14-8-9-19(15-23)16-25-22-17-26(18-22)24(20-10-4-2-5-11-20)21-12-6-3-7-13-21/h2-15,22,24-25H,16-18H2,1H3. The van der Waals surface area contributed by atoms with Crippen LogP contribution < -0.4 is 10.1 Å². The van der Waals surface area contributed by atoms with Crippen LogP contribution in [0, 0.1) is 0 Å². The number of nitrogens with one attached hydrogen (secondary N) is 1. The molecule has 1 N–H and O–H groups in total. The average molecular weight is 358 g/mol. The van der Waals surface area contributed by atoms with Crippen molar-refractivity contribution in [3.63, 3.8) is 0 Å². The molecule has 3 aromatic carbocycles. The van der Waals surface area contributed by atoms with E-state index in [1.165, 1.54) is 16.7 Å². The first-order valence-corrected chi connectivity index (χ1v) is 9.54. The Morgan fingerprint density at radius 3 is 2.11 bits per heavy atom. The molecule has 27 heavy (non-hydrogen) atoms. The van der Waals surface area contributed by atoms with E-state index in [-0.39, 0.29) is 0 Å². The predicted molar refractivity (Wildman–Crippen MR) is 110 cm³/mol. The van der Waals surface area contributed by atoms with Gasteiger partial charge in [-0.25, -0.2) is 0 Å². The van der Waals surface area contributed by atoms with Gasteiger partial charge < -0.3 is 10.1 Å². The molecule has 0 aliphatic carbocycles. The summed E-state index contributed by atoms with van der Waals surface area (Å²) in [7, 11) is 1.71. The maximum absolute atomic E-state index is 5.31. The molecule has 0 amide bonds. The van der Waals surface area contributed by atoms with Crippen LogP contribution in [0.5, 0.6) is 5.75 Å². The van der Waals surface area contributed by atoms with Gasteiger partial charge in [0.1, 0.15) is 5.75 Å². The van der Waals surface area contributed by atoms with Crippen LogP contribution in [0.25, 0.3) is 0 Å². The minimum absolute atomic E-state index is 0.322. The highest BCUT2D eigenvalue weighted by molar-refractivity contribution is 5.33. The van der Waals surface area contributed by atoms with Gasteiger partial charge in [0, 0.05) is 25.7 Å². The Morgan fingerprint density at radius 2 is 1.52 bits per heavy atom. The number of likely N-dealkylation sites (tertiary alicyclic amines) is 1. The van der Waals surface area contributed by atoms with Gasteiger partial charge in [-0.2, -0.15) is 0 Å². The van der Waals surface area contributed by atoms with Crippen molar-refractivity contribution in [3.05, 3.63) is 102 Å². The summed E-state index contributed by atoms with van der Waals surface area (Å²) in [6.45, 7) is 2.98. The number of ether oxygens (including phenoxy) is 1. The van der Waals surface area contributed by atoms with Crippen molar-refractivity contribution < 1.29 is 4.74 Å². The van der Waals surface area contributed by atoms with Crippen molar-refractivity contribution in [1.82, 2.24) is 10.2 Å². The van der Waals surface area contributed by atoms with Gasteiger partial charge in [-0.3, -0.25) is 4.90 Å². The molecule has 0 spiro atoms. The van der Waals surface area contributed by atoms with E-state index in [0.717, 1.165) is 25.4 Å². The number of benzene rings is 3. The highest BCUT2D eigenvalue weighted by atomic mass is 16.5. The van der Waals surface area contributed by atoms with Crippen LogP contribution in [0.3, 0.4) is 0 Å². The van der Waals surface area contributed by atoms with Crippen molar-refractivity contribution in [2.45, 2.75) is 18.6 Å². The Morgan fingerprint density at radius 1 is 0.889 bits per heavy atom. The first-order valence-electron chi connectivity index (χ1n) is 9.54. The molecule has 3 aromatic rings. The van der Waals surface area contributed by atoms with E-state index in [9.17, 15) is 0 Å². The van der Waals surface area contributed by atoms with Crippen LogP contribution in [0.1, 0.15) is 22.7 Å². The second-order valence-electron chi connectivity index (χ2n) is 7.11. The van der Waals surface area contributed by atoms with Gasteiger partial charge in [-0.05, 0) is 28.8 Å². The minimum atomic E-state index is 0.322. The summed E-state index contributed by atoms with van der Waals surface area (Å²) in [6.07, 6.45) is 0. The third-order valence-corrected chi connectivity index (χ3v) is 5.23. The zero-order valence-corrected chi connectivity index (χ0v) is 15.7. The maximum Gasteiger partial charge on any atom is 0.119 e. The van der Waals surface area contributed by atoms with Gasteiger partial charge in [0.05, 0.1) is 13.2 Å². The number of nitrogens with zero attached hydrogens (tertiary/aromatic N) is 1. The molecule has 0 unspecified atom stereocenters. The van der Waals surface area contributed by atoms with Gasteiger partial charge in [0.25, 0.3) is 0 Å². The zero-order valence-electron chi connectivity index (χ0n) is 15.7. The second kappa shape index (κ2) is 8.38. The molecule has 1 heterocycles. The highest BCUT2D eigenvalue weighted by Gasteiger charge is 2.33. The summed E-state index contributed by atoms with van der Waals surface area (Å²) in [5.41, 5.74) is 3.97. The SMILES string of the molecule is COc1cccc(CNC2CN(C(c3ccccc3)c3ccccc3)C2)c1. The molecule has 3 nitrogen and oxygen atoms in total. The third kappa shape index (κ3) is 4.21. The van der Waals surface area contributed by atoms with Crippen molar-refractivity contribution in [2.75, 3.05) is 20.2 Å². The van der Waals surface area contributed by atoms with E-state index >= 15 is 0 Å². The molecule has 3 heteroatoms. The van der Waals surface area contributed by atoms with Gasteiger partial charge in [-0.15, -0.1) is 0 Å². The van der Waals surface area contributed by atoms with Crippen molar-refractivity contribution >= 4 is 0 Å². The molecular weight excluding hydrogens is 332 g/mol. The second-order valence-corrected chi connectivity index (χ2v) is 7.11. The molecule has 4 rings (SSSR count). The summed E-state index contributed by atoms with van der Waals surface area (Å²) in [6, 6.07) is 30.7. The van der Waals surface area contributed by atoms with Crippen LogP contribution in [-0.2, 0) is 6.54 Å². The van der Waals surface area contributed by atoms with Crippen LogP contribution in [0.2, 0.25) is 0 Å². The molecule has 1 fully saturated rings. The quantitative estimate of drug-likeness (QED) is 0.683. The first-order chi connectivity index (χ1) is 13.3. The highest BCUT2D eigenvalue weighted by Crippen LogP contribution is 2.32.